The molecule has 286 valence electrons. The smallest absolute Gasteiger partial charge is 0.235 e. The van der Waals surface area contributed by atoms with E-state index in [2.05, 4.69) is 205 Å². The summed E-state index contributed by atoms with van der Waals surface area (Å²) in [6, 6.07) is 72.9. The second-order valence-electron chi connectivity index (χ2n) is 16.5. The summed E-state index contributed by atoms with van der Waals surface area (Å²) < 4.78 is 4.90. The molecule has 0 radical (unpaired) electrons. The quantitative estimate of drug-likeness (QED) is 0.166. The van der Waals surface area contributed by atoms with Gasteiger partial charge in [-0.2, -0.15) is 0 Å². The van der Waals surface area contributed by atoms with Gasteiger partial charge in [0.25, 0.3) is 0 Å². The van der Waals surface area contributed by atoms with Crippen LogP contribution in [-0.4, -0.2) is 14.5 Å². The number of thiophene rings is 1. The predicted octanol–water partition coefficient (Wildman–Crippen LogP) is 16.0. The first-order valence-corrected chi connectivity index (χ1v) is 22.0. The van der Waals surface area contributed by atoms with Crippen molar-refractivity contribution in [2.75, 3.05) is 0 Å². The lowest BCUT2D eigenvalue weighted by atomic mass is 9.96. The highest BCUT2D eigenvalue weighted by Crippen LogP contribution is 2.52. The summed E-state index contributed by atoms with van der Waals surface area (Å²) in [5, 5.41) is 11.0. The maximum absolute atomic E-state index is 5.47. The summed E-state index contributed by atoms with van der Waals surface area (Å²) in [5.41, 5.74) is 15.2. The van der Waals surface area contributed by atoms with Crippen molar-refractivity contribution in [3.63, 3.8) is 0 Å². The Morgan fingerprint density at radius 2 is 0.984 bits per heavy atom. The molecule has 4 heteroatoms. The lowest BCUT2D eigenvalue weighted by Gasteiger charge is -2.14. The van der Waals surface area contributed by atoms with E-state index in [1.165, 1.54) is 86.2 Å². The van der Waals surface area contributed by atoms with E-state index >= 15 is 0 Å². The summed E-state index contributed by atoms with van der Waals surface area (Å²) in [4.78, 5) is 10.9. The summed E-state index contributed by atoms with van der Waals surface area (Å²) in [6.45, 7) is 0. The minimum atomic E-state index is 0.659. The number of benzene rings is 10. The molecule has 3 heterocycles. The Bertz CT molecular complexity index is 4030. The van der Waals surface area contributed by atoms with E-state index in [4.69, 9.17) is 9.97 Å². The van der Waals surface area contributed by atoms with Gasteiger partial charge in [-0.25, -0.2) is 9.97 Å². The second kappa shape index (κ2) is 12.8. The molecule has 1 aliphatic rings. The van der Waals surface area contributed by atoms with Crippen LogP contribution >= 0.6 is 11.3 Å². The van der Waals surface area contributed by atoms with Gasteiger partial charge in [0.2, 0.25) is 5.95 Å². The Hall–Kier alpha value is -7.92. The minimum Gasteiger partial charge on any atom is -0.278 e. The first-order valence-electron chi connectivity index (χ1n) is 21.1. The average Bonchev–Trinajstić information content (AvgIpc) is 3.99. The molecule has 0 atom stereocenters. The monoisotopic (exact) mass is 803 g/mol. The first-order chi connectivity index (χ1) is 30.7. The van der Waals surface area contributed by atoms with Gasteiger partial charge < -0.3 is 0 Å². The molecule has 0 fully saturated rings. The maximum atomic E-state index is 5.47. The van der Waals surface area contributed by atoms with Crippen LogP contribution in [0.1, 0.15) is 0 Å². The van der Waals surface area contributed by atoms with Gasteiger partial charge in [0.05, 0.1) is 22.2 Å². The van der Waals surface area contributed by atoms with Crippen molar-refractivity contribution in [1.29, 1.82) is 0 Å². The Labute approximate surface area is 360 Å². The molecular weight excluding hydrogens is 771 g/mol. The molecule has 0 N–H and O–H groups in total. The first kappa shape index (κ1) is 33.9. The van der Waals surface area contributed by atoms with Crippen LogP contribution in [0, 0.1) is 0 Å². The molecule has 0 saturated heterocycles. The highest BCUT2D eigenvalue weighted by Gasteiger charge is 2.24. The zero-order valence-corrected chi connectivity index (χ0v) is 34.1. The van der Waals surface area contributed by atoms with Crippen LogP contribution in [0.2, 0.25) is 0 Å². The molecule has 13 aromatic rings. The lowest BCUT2D eigenvalue weighted by Crippen LogP contribution is -2.03. The van der Waals surface area contributed by atoms with Crippen LogP contribution in [0.15, 0.2) is 200 Å². The van der Waals surface area contributed by atoms with Crippen molar-refractivity contribution in [3.05, 3.63) is 200 Å². The number of nitrogens with zero attached hydrogens (tertiary/aromatic N) is 3. The molecule has 1 aliphatic carbocycles. The predicted molar refractivity (Wildman–Crippen MR) is 263 cm³/mol. The van der Waals surface area contributed by atoms with Crippen molar-refractivity contribution >= 4 is 85.8 Å². The normalized spacial score (nSPS) is 12.2. The topological polar surface area (TPSA) is 30.7 Å². The Balaban J connectivity index is 0.958. The molecular formula is C58H33N3S. The fourth-order valence-corrected chi connectivity index (χ4v) is 11.5. The van der Waals surface area contributed by atoms with E-state index in [9.17, 15) is 0 Å². The van der Waals surface area contributed by atoms with Gasteiger partial charge in [-0.05, 0) is 103 Å². The van der Waals surface area contributed by atoms with Crippen molar-refractivity contribution in [2.24, 2.45) is 0 Å². The minimum absolute atomic E-state index is 0.659. The number of rotatable bonds is 4. The van der Waals surface area contributed by atoms with Crippen molar-refractivity contribution in [3.8, 4) is 61.7 Å². The Morgan fingerprint density at radius 1 is 0.339 bits per heavy atom. The van der Waals surface area contributed by atoms with Gasteiger partial charge in [0.15, 0.2) is 0 Å². The standard InChI is InChI=1S/C58H33N3S/c1-2-11-34(12-3-1)35-21-23-37(24-22-35)56-46-28-25-36-13-4-5-14-40(36)57(46)60-58(59-56)61-50-20-9-8-17-43(50)47-31-38(26-29-51(47)61)39-27-30-52-49(32-39)55-45-19-10-18-44-41-15-6-7-16-42(41)48(54(44)45)33-53(55)62-52/h1-33H. The van der Waals surface area contributed by atoms with Gasteiger partial charge in [0, 0.05) is 47.3 Å². The van der Waals surface area contributed by atoms with E-state index < -0.39 is 0 Å². The molecule has 10 aromatic carbocycles. The molecule has 0 amide bonds. The lowest BCUT2D eigenvalue weighted by molar-refractivity contribution is 1.02. The molecule has 0 bridgehead atoms. The molecule has 14 rings (SSSR count). The molecule has 0 saturated carbocycles. The third-order valence-electron chi connectivity index (χ3n) is 13.2. The highest BCUT2D eigenvalue weighted by molar-refractivity contribution is 7.26. The summed E-state index contributed by atoms with van der Waals surface area (Å²) in [6.07, 6.45) is 0. The van der Waals surface area contributed by atoms with Gasteiger partial charge >= 0.3 is 0 Å². The van der Waals surface area contributed by atoms with Crippen LogP contribution in [-0.2, 0) is 0 Å². The zero-order chi connectivity index (χ0) is 40.5. The number of para-hydroxylation sites is 1. The SMILES string of the molecule is c1ccc(-c2ccc(-c3nc(-n4c5ccccc5c5cc(-c6ccc7sc8cc9c%10c(cccc%10c8c7c6)-c6ccccc6-9)ccc54)nc4c3ccc3ccccc34)cc2)cc1. The van der Waals surface area contributed by atoms with Gasteiger partial charge in [-0.15, -0.1) is 11.3 Å². The summed E-state index contributed by atoms with van der Waals surface area (Å²) in [5.74, 6) is 0.659. The second-order valence-corrected chi connectivity index (χ2v) is 17.6. The number of fused-ring (bicyclic) bond motifs is 13. The van der Waals surface area contributed by atoms with Gasteiger partial charge in [-0.1, -0.05) is 158 Å². The highest BCUT2D eigenvalue weighted by atomic mass is 32.1. The largest absolute Gasteiger partial charge is 0.278 e. The number of aromatic nitrogens is 3. The fourth-order valence-electron chi connectivity index (χ4n) is 10.3. The number of hydrogen-bond donors (Lipinski definition) is 0. The van der Waals surface area contributed by atoms with Crippen molar-refractivity contribution in [2.45, 2.75) is 0 Å². The summed E-state index contributed by atoms with van der Waals surface area (Å²) in [7, 11) is 0. The van der Waals surface area contributed by atoms with Crippen LogP contribution in [0.4, 0.5) is 0 Å². The Morgan fingerprint density at radius 3 is 1.85 bits per heavy atom. The molecule has 3 nitrogen and oxygen atoms in total. The van der Waals surface area contributed by atoms with E-state index in [0.717, 1.165) is 44.0 Å². The van der Waals surface area contributed by atoms with Crippen LogP contribution < -0.4 is 0 Å². The molecule has 0 spiro atoms. The Kier molecular flexibility index (Phi) is 6.99. The molecule has 0 aliphatic heterocycles. The van der Waals surface area contributed by atoms with Crippen LogP contribution in [0.25, 0.3) is 136 Å². The van der Waals surface area contributed by atoms with Crippen LogP contribution in [0.3, 0.4) is 0 Å². The van der Waals surface area contributed by atoms with E-state index in [0.29, 0.717) is 5.95 Å². The molecule has 62 heavy (non-hydrogen) atoms. The third kappa shape index (κ3) is 4.81. The fraction of sp³-hybridized carbons (Fsp3) is 0. The zero-order valence-electron chi connectivity index (χ0n) is 33.3. The molecule has 0 unspecified atom stereocenters. The third-order valence-corrected chi connectivity index (χ3v) is 14.3. The van der Waals surface area contributed by atoms with E-state index in [1.807, 2.05) is 11.3 Å². The maximum Gasteiger partial charge on any atom is 0.235 e. The molecule has 3 aromatic heterocycles. The van der Waals surface area contributed by atoms with Crippen LogP contribution in [0.5, 0.6) is 0 Å². The van der Waals surface area contributed by atoms with E-state index in [-0.39, 0.29) is 0 Å². The van der Waals surface area contributed by atoms with E-state index in [1.54, 1.807) is 0 Å². The summed E-state index contributed by atoms with van der Waals surface area (Å²) >= 11 is 1.90. The van der Waals surface area contributed by atoms with Gasteiger partial charge in [-0.3, -0.25) is 4.57 Å². The average molecular weight is 804 g/mol. The van der Waals surface area contributed by atoms with Gasteiger partial charge in [0.1, 0.15) is 0 Å². The van der Waals surface area contributed by atoms with Crippen molar-refractivity contribution < 1.29 is 0 Å². The number of hydrogen-bond acceptors (Lipinski definition) is 3. The van der Waals surface area contributed by atoms with Crippen molar-refractivity contribution in [1.82, 2.24) is 14.5 Å².